The van der Waals surface area contributed by atoms with Crippen molar-refractivity contribution in [3.8, 4) is 6.07 Å². The summed E-state index contributed by atoms with van der Waals surface area (Å²) in [6.45, 7) is 0.137. The number of rotatable bonds is 2. The lowest BCUT2D eigenvalue weighted by molar-refractivity contribution is 0.0311. The van der Waals surface area contributed by atoms with Gasteiger partial charge < -0.3 is 10.5 Å². The van der Waals surface area contributed by atoms with Gasteiger partial charge in [0.25, 0.3) is 0 Å². The van der Waals surface area contributed by atoms with Crippen LogP contribution in [0.4, 0.5) is 10.1 Å². The van der Waals surface area contributed by atoms with Crippen LogP contribution in [0.15, 0.2) is 23.1 Å². The molecule has 1 fully saturated rings. The zero-order chi connectivity index (χ0) is 14.0. The largest absolute Gasteiger partial charge is 0.398 e. The van der Waals surface area contributed by atoms with E-state index in [1.165, 1.54) is 6.07 Å². The van der Waals surface area contributed by atoms with Crippen molar-refractivity contribution in [2.24, 2.45) is 0 Å². The number of sulfonamides is 1. The van der Waals surface area contributed by atoms with E-state index in [1.807, 2.05) is 6.07 Å². The molecule has 1 atom stereocenters. The summed E-state index contributed by atoms with van der Waals surface area (Å²) in [5.74, 6) is -0.683. The molecule has 19 heavy (non-hydrogen) atoms. The zero-order valence-corrected chi connectivity index (χ0v) is 10.7. The fraction of sp³-hybridized carbons (Fsp3) is 0.364. The summed E-state index contributed by atoms with van der Waals surface area (Å²) in [5, 5.41) is 8.76. The van der Waals surface area contributed by atoms with Crippen molar-refractivity contribution in [1.82, 2.24) is 4.31 Å². The molecule has 1 aliphatic rings. The minimum atomic E-state index is -3.92. The summed E-state index contributed by atoms with van der Waals surface area (Å²) in [6, 6.07) is 5.01. The van der Waals surface area contributed by atoms with Crippen LogP contribution in [0.1, 0.15) is 0 Å². The second kappa shape index (κ2) is 5.13. The fourth-order valence-electron chi connectivity index (χ4n) is 1.79. The number of nitriles is 1. The first-order valence-corrected chi connectivity index (χ1v) is 6.95. The van der Waals surface area contributed by atoms with Crippen LogP contribution in [-0.4, -0.2) is 38.5 Å². The number of hydrogen-bond donors (Lipinski definition) is 1. The van der Waals surface area contributed by atoms with E-state index in [4.69, 9.17) is 15.7 Å². The maximum atomic E-state index is 13.2. The molecule has 2 rings (SSSR count). The highest BCUT2D eigenvalue weighted by atomic mass is 32.2. The molecule has 0 aliphatic carbocycles. The molecule has 102 valence electrons. The van der Waals surface area contributed by atoms with Crippen LogP contribution in [0.3, 0.4) is 0 Å². The summed E-state index contributed by atoms with van der Waals surface area (Å²) in [6.07, 6.45) is -0.821. The first kappa shape index (κ1) is 13.7. The molecule has 1 saturated heterocycles. The minimum Gasteiger partial charge on any atom is -0.398 e. The van der Waals surface area contributed by atoms with Gasteiger partial charge in [-0.05, 0) is 18.2 Å². The minimum absolute atomic E-state index is 0.0265. The Labute approximate surface area is 110 Å². The first-order valence-electron chi connectivity index (χ1n) is 5.51. The molecule has 0 spiro atoms. The van der Waals surface area contributed by atoms with E-state index in [9.17, 15) is 12.8 Å². The predicted octanol–water partition coefficient (Wildman–Crippen LogP) is 0.321. The van der Waals surface area contributed by atoms with Gasteiger partial charge in [-0.15, -0.1) is 0 Å². The fourth-order valence-corrected chi connectivity index (χ4v) is 3.34. The highest BCUT2D eigenvalue weighted by molar-refractivity contribution is 7.89. The molecule has 8 heteroatoms. The molecule has 0 amide bonds. The summed E-state index contributed by atoms with van der Waals surface area (Å²) in [4.78, 5) is -0.286. The lowest BCUT2D eigenvalue weighted by atomic mass is 10.3. The molecule has 6 nitrogen and oxygen atoms in total. The maximum Gasteiger partial charge on any atom is 0.245 e. The van der Waals surface area contributed by atoms with E-state index < -0.39 is 21.9 Å². The van der Waals surface area contributed by atoms with Gasteiger partial charge in [0.2, 0.25) is 10.0 Å². The third kappa shape index (κ3) is 2.68. The number of anilines is 1. The van der Waals surface area contributed by atoms with Gasteiger partial charge >= 0.3 is 0 Å². The topological polar surface area (TPSA) is 96.4 Å². The van der Waals surface area contributed by atoms with E-state index in [-0.39, 0.29) is 30.3 Å². The van der Waals surface area contributed by atoms with Crippen molar-refractivity contribution >= 4 is 15.7 Å². The molecule has 0 saturated carbocycles. The number of nitrogen functional groups attached to an aromatic ring is 1. The number of morpholine rings is 1. The van der Waals surface area contributed by atoms with Crippen LogP contribution in [0.5, 0.6) is 0 Å². The van der Waals surface area contributed by atoms with Crippen LogP contribution in [0.2, 0.25) is 0 Å². The molecule has 1 aromatic rings. The molecular formula is C11H12FN3O3S. The Bertz CT molecular complexity index is 627. The molecule has 1 aromatic carbocycles. The van der Waals surface area contributed by atoms with E-state index in [2.05, 4.69) is 0 Å². The lowest BCUT2D eigenvalue weighted by Gasteiger charge is -2.29. The molecule has 0 aromatic heterocycles. The normalized spacial score (nSPS) is 20.9. The number of benzene rings is 1. The third-order valence-corrected chi connectivity index (χ3v) is 4.69. The van der Waals surface area contributed by atoms with Crippen LogP contribution in [0, 0.1) is 17.1 Å². The molecule has 1 unspecified atom stereocenters. The molecule has 0 bridgehead atoms. The number of halogens is 1. The Morgan fingerprint density at radius 3 is 2.95 bits per heavy atom. The number of nitrogens with two attached hydrogens (primary N) is 1. The van der Waals surface area contributed by atoms with Gasteiger partial charge in [0.05, 0.1) is 24.9 Å². The average molecular weight is 285 g/mol. The maximum absolute atomic E-state index is 13.2. The zero-order valence-electron chi connectivity index (χ0n) is 9.91. The van der Waals surface area contributed by atoms with Gasteiger partial charge in [-0.25, -0.2) is 12.8 Å². The molecule has 1 aliphatic heterocycles. The first-order chi connectivity index (χ1) is 8.95. The SMILES string of the molecule is N#CC1CN(S(=O)(=O)c2cc(F)ccc2N)CCO1. The van der Waals surface area contributed by atoms with Crippen LogP contribution < -0.4 is 5.73 Å². The van der Waals surface area contributed by atoms with Crippen molar-refractivity contribution < 1.29 is 17.5 Å². The van der Waals surface area contributed by atoms with Crippen molar-refractivity contribution in [1.29, 1.82) is 5.26 Å². The standard InChI is InChI=1S/C11H12FN3O3S/c12-8-1-2-10(14)11(5-8)19(16,17)15-3-4-18-9(6-13)7-15/h1-2,5,9H,3-4,7,14H2. The van der Waals surface area contributed by atoms with Gasteiger partial charge in [0, 0.05) is 6.54 Å². The van der Waals surface area contributed by atoms with Gasteiger partial charge in [-0.3, -0.25) is 0 Å². The number of ether oxygens (including phenoxy) is 1. The van der Waals surface area contributed by atoms with Crippen molar-refractivity contribution in [2.75, 3.05) is 25.4 Å². The van der Waals surface area contributed by atoms with Gasteiger partial charge in [-0.1, -0.05) is 0 Å². The second-order valence-electron chi connectivity index (χ2n) is 4.03. The van der Waals surface area contributed by atoms with Gasteiger partial charge in [0.15, 0.2) is 6.10 Å². The smallest absolute Gasteiger partial charge is 0.245 e. The molecule has 1 heterocycles. The van der Waals surface area contributed by atoms with E-state index in [0.717, 1.165) is 16.4 Å². The monoisotopic (exact) mass is 285 g/mol. The second-order valence-corrected chi connectivity index (χ2v) is 5.94. The highest BCUT2D eigenvalue weighted by Crippen LogP contribution is 2.24. The molecule has 0 radical (unpaired) electrons. The Hall–Kier alpha value is -1.69. The van der Waals surface area contributed by atoms with Crippen LogP contribution in [0.25, 0.3) is 0 Å². The lowest BCUT2D eigenvalue weighted by Crippen LogP contribution is -2.45. The Balaban J connectivity index is 2.37. The highest BCUT2D eigenvalue weighted by Gasteiger charge is 2.32. The predicted molar refractivity (Wildman–Crippen MR) is 64.9 cm³/mol. The quantitative estimate of drug-likeness (QED) is 0.789. The summed E-state index contributed by atoms with van der Waals surface area (Å²) in [5.41, 5.74) is 5.55. The molecule has 2 N–H and O–H groups in total. The average Bonchev–Trinajstić information content (AvgIpc) is 2.41. The Kier molecular flexibility index (Phi) is 3.71. The number of nitrogens with zero attached hydrogens (tertiary/aromatic N) is 2. The summed E-state index contributed by atoms with van der Waals surface area (Å²) >= 11 is 0. The van der Waals surface area contributed by atoms with Crippen LogP contribution >= 0.6 is 0 Å². The number of hydrogen-bond acceptors (Lipinski definition) is 5. The van der Waals surface area contributed by atoms with Gasteiger partial charge in [-0.2, -0.15) is 9.57 Å². The third-order valence-electron chi connectivity index (χ3n) is 2.77. The summed E-state index contributed by atoms with van der Waals surface area (Å²) in [7, 11) is -3.92. The van der Waals surface area contributed by atoms with Crippen molar-refractivity contribution in [3.63, 3.8) is 0 Å². The van der Waals surface area contributed by atoms with Crippen molar-refractivity contribution in [2.45, 2.75) is 11.0 Å². The van der Waals surface area contributed by atoms with Crippen molar-refractivity contribution in [3.05, 3.63) is 24.0 Å². The van der Waals surface area contributed by atoms with Gasteiger partial charge in [0.1, 0.15) is 10.7 Å². The Morgan fingerprint density at radius 1 is 1.53 bits per heavy atom. The summed E-state index contributed by atoms with van der Waals surface area (Å²) < 4.78 is 44.0. The van der Waals surface area contributed by atoms with E-state index in [0.29, 0.717) is 0 Å². The van der Waals surface area contributed by atoms with E-state index in [1.54, 1.807) is 0 Å². The molecular weight excluding hydrogens is 273 g/mol. The Morgan fingerprint density at radius 2 is 2.26 bits per heavy atom. The van der Waals surface area contributed by atoms with E-state index >= 15 is 0 Å². The van der Waals surface area contributed by atoms with Crippen LogP contribution in [-0.2, 0) is 14.8 Å².